The Hall–Kier alpha value is -3.81. The minimum absolute atomic E-state index is 0.184. The zero-order valence-corrected chi connectivity index (χ0v) is 18.9. The van der Waals surface area contributed by atoms with Gasteiger partial charge in [0.1, 0.15) is 17.6 Å². The van der Waals surface area contributed by atoms with Gasteiger partial charge in [-0.25, -0.2) is 18.0 Å². The maximum atomic E-state index is 12.9. The van der Waals surface area contributed by atoms with Crippen LogP contribution in [0.5, 0.6) is 5.88 Å². The summed E-state index contributed by atoms with van der Waals surface area (Å²) in [5.74, 6) is 0.848. The zero-order chi connectivity index (χ0) is 23.9. The third kappa shape index (κ3) is 4.00. The molecule has 0 aliphatic heterocycles. The third-order valence-electron chi connectivity index (χ3n) is 6.50. The van der Waals surface area contributed by atoms with Crippen LogP contribution in [-0.2, 0) is 6.54 Å². The number of anilines is 1. The van der Waals surface area contributed by atoms with Crippen molar-refractivity contribution in [2.24, 2.45) is 5.41 Å². The fraction of sp³-hybridized carbons (Fsp3) is 0.435. The lowest BCUT2D eigenvalue weighted by molar-refractivity contribution is 0.122. The summed E-state index contributed by atoms with van der Waals surface area (Å²) in [7, 11) is 1.55. The molecule has 3 heterocycles. The number of fused-ring (bicyclic) bond motifs is 2. The average Bonchev–Trinajstić information content (AvgIpc) is 3.44. The van der Waals surface area contributed by atoms with Crippen molar-refractivity contribution in [1.82, 2.24) is 29.6 Å². The second-order valence-corrected chi connectivity index (χ2v) is 8.92. The molecule has 1 saturated carbocycles. The lowest BCUT2D eigenvalue weighted by atomic mass is 9.75. The Bertz CT molecular complexity index is 1380. The summed E-state index contributed by atoms with van der Waals surface area (Å²) >= 11 is 0. The van der Waals surface area contributed by atoms with Gasteiger partial charge in [0.2, 0.25) is 11.8 Å². The van der Waals surface area contributed by atoms with Crippen molar-refractivity contribution in [2.75, 3.05) is 12.4 Å². The zero-order valence-electron chi connectivity index (χ0n) is 18.9. The number of aromatic nitrogens is 6. The molecule has 11 heteroatoms. The highest BCUT2D eigenvalue weighted by atomic mass is 19.3. The molecule has 0 unspecified atom stereocenters. The number of hydrogen-bond acceptors (Lipinski definition) is 7. The standard InChI is InChI=1S/C23H24F2N8O/c1-23(13-26)8-5-15(6-9-23)27-22-28-21(34-2)20-16(7-10-32(20)30-22)14-3-4-17-18(11-14)33(31-29-17)12-19(24)25/h3-4,7,10-11,15,19H,5-6,8-9,12H2,1-2H3,(H,27,30)/t15-,23+. The maximum absolute atomic E-state index is 12.9. The van der Waals surface area contributed by atoms with Crippen LogP contribution in [0.2, 0.25) is 0 Å². The lowest BCUT2D eigenvalue weighted by Gasteiger charge is -2.32. The molecule has 0 spiro atoms. The van der Waals surface area contributed by atoms with Gasteiger partial charge in [-0.15, -0.1) is 10.2 Å². The first-order chi connectivity index (χ1) is 16.4. The minimum atomic E-state index is -2.53. The van der Waals surface area contributed by atoms with Crippen LogP contribution in [0.3, 0.4) is 0 Å². The highest BCUT2D eigenvalue weighted by molar-refractivity contribution is 5.89. The number of nitrogens with one attached hydrogen (secondary N) is 1. The summed E-state index contributed by atoms with van der Waals surface area (Å²) in [5, 5.41) is 25.2. The number of rotatable bonds is 6. The molecule has 1 N–H and O–H groups in total. The largest absolute Gasteiger partial charge is 0.479 e. The van der Waals surface area contributed by atoms with Gasteiger partial charge in [-0.3, -0.25) is 0 Å². The molecular weight excluding hydrogens is 442 g/mol. The van der Waals surface area contributed by atoms with Crippen molar-refractivity contribution >= 4 is 22.5 Å². The quantitative estimate of drug-likeness (QED) is 0.452. The van der Waals surface area contributed by atoms with Gasteiger partial charge < -0.3 is 10.1 Å². The van der Waals surface area contributed by atoms with E-state index < -0.39 is 13.0 Å². The van der Waals surface area contributed by atoms with E-state index in [0.29, 0.717) is 28.4 Å². The van der Waals surface area contributed by atoms with Gasteiger partial charge in [0, 0.05) is 17.8 Å². The van der Waals surface area contributed by atoms with Gasteiger partial charge in [0.05, 0.1) is 24.1 Å². The van der Waals surface area contributed by atoms with Gasteiger partial charge in [-0.1, -0.05) is 11.3 Å². The first kappa shape index (κ1) is 22.0. The molecule has 176 valence electrons. The molecule has 0 radical (unpaired) electrons. The lowest BCUT2D eigenvalue weighted by Crippen LogP contribution is -2.31. The first-order valence-electron chi connectivity index (χ1n) is 11.1. The van der Waals surface area contributed by atoms with E-state index >= 15 is 0 Å². The van der Waals surface area contributed by atoms with E-state index in [0.717, 1.165) is 36.8 Å². The fourth-order valence-corrected chi connectivity index (χ4v) is 4.52. The van der Waals surface area contributed by atoms with Crippen LogP contribution in [0.1, 0.15) is 32.6 Å². The number of nitriles is 1. The van der Waals surface area contributed by atoms with Crippen molar-refractivity contribution in [3.8, 4) is 23.1 Å². The Morgan fingerprint density at radius 1 is 1.29 bits per heavy atom. The second-order valence-electron chi connectivity index (χ2n) is 8.92. The smallest absolute Gasteiger partial charge is 0.258 e. The van der Waals surface area contributed by atoms with E-state index in [2.05, 4.69) is 31.8 Å². The monoisotopic (exact) mass is 466 g/mol. The van der Waals surface area contributed by atoms with Crippen LogP contribution in [0.25, 0.3) is 27.7 Å². The number of hydrogen-bond donors (Lipinski definition) is 1. The van der Waals surface area contributed by atoms with E-state index in [-0.39, 0.29) is 11.5 Å². The average molecular weight is 466 g/mol. The number of benzene rings is 1. The van der Waals surface area contributed by atoms with Crippen LogP contribution in [0, 0.1) is 16.7 Å². The maximum Gasteiger partial charge on any atom is 0.258 e. The van der Waals surface area contributed by atoms with Crippen LogP contribution in [0.15, 0.2) is 30.5 Å². The van der Waals surface area contributed by atoms with Crippen molar-refractivity contribution in [3.63, 3.8) is 0 Å². The van der Waals surface area contributed by atoms with Gasteiger partial charge in [0.15, 0.2) is 0 Å². The summed E-state index contributed by atoms with van der Waals surface area (Å²) in [4.78, 5) is 4.58. The van der Waals surface area contributed by atoms with Crippen molar-refractivity contribution in [3.05, 3.63) is 30.5 Å². The van der Waals surface area contributed by atoms with Crippen LogP contribution in [-0.4, -0.2) is 49.2 Å². The molecule has 1 fully saturated rings. The Morgan fingerprint density at radius 3 is 2.79 bits per heavy atom. The van der Waals surface area contributed by atoms with Gasteiger partial charge in [-0.05, 0) is 56.4 Å². The van der Waals surface area contributed by atoms with E-state index in [1.54, 1.807) is 23.8 Å². The molecule has 3 aromatic heterocycles. The van der Waals surface area contributed by atoms with E-state index in [4.69, 9.17) is 4.74 Å². The molecular formula is C23H24F2N8O. The first-order valence-corrected chi connectivity index (χ1v) is 11.1. The van der Waals surface area contributed by atoms with E-state index in [1.165, 1.54) is 4.68 Å². The van der Waals surface area contributed by atoms with Crippen LogP contribution < -0.4 is 10.1 Å². The Labute approximate surface area is 194 Å². The highest BCUT2D eigenvalue weighted by Gasteiger charge is 2.31. The Morgan fingerprint density at radius 2 is 2.09 bits per heavy atom. The second kappa shape index (κ2) is 8.52. The molecule has 0 atom stereocenters. The molecule has 0 saturated heterocycles. The molecule has 4 aromatic rings. The molecule has 1 aliphatic rings. The summed E-state index contributed by atoms with van der Waals surface area (Å²) in [6.07, 6.45) is 2.67. The minimum Gasteiger partial charge on any atom is -0.479 e. The predicted octanol–water partition coefficient (Wildman–Crippen LogP) is 4.30. The van der Waals surface area contributed by atoms with Crippen molar-refractivity contribution in [1.29, 1.82) is 5.26 Å². The van der Waals surface area contributed by atoms with Gasteiger partial charge in [0.25, 0.3) is 6.43 Å². The molecule has 0 bridgehead atoms. The topological polar surface area (TPSA) is 106 Å². The fourth-order valence-electron chi connectivity index (χ4n) is 4.52. The van der Waals surface area contributed by atoms with Crippen LogP contribution in [0.4, 0.5) is 14.7 Å². The summed E-state index contributed by atoms with van der Waals surface area (Å²) in [5.41, 5.74) is 3.06. The van der Waals surface area contributed by atoms with Gasteiger partial charge >= 0.3 is 0 Å². The summed E-state index contributed by atoms with van der Waals surface area (Å²) in [6, 6.07) is 9.89. The van der Waals surface area contributed by atoms with E-state index in [9.17, 15) is 14.0 Å². The molecule has 5 rings (SSSR count). The number of ether oxygens (including phenoxy) is 1. The van der Waals surface area contributed by atoms with Crippen LogP contribution >= 0.6 is 0 Å². The number of nitrogens with zero attached hydrogens (tertiary/aromatic N) is 7. The van der Waals surface area contributed by atoms with Gasteiger partial charge in [-0.2, -0.15) is 10.2 Å². The molecule has 0 amide bonds. The molecule has 1 aliphatic carbocycles. The van der Waals surface area contributed by atoms with Crippen molar-refractivity contribution < 1.29 is 13.5 Å². The number of alkyl halides is 2. The summed E-state index contributed by atoms with van der Waals surface area (Å²) < 4.78 is 34.3. The highest BCUT2D eigenvalue weighted by Crippen LogP contribution is 2.37. The Balaban J connectivity index is 1.47. The molecule has 1 aromatic carbocycles. The normalized spacial score (nSPS) is 20.6. The predicted molar refractivity (Wildman–Crippen MR) is 122 cm³/mol. The van der Waals surface area contributed by atoms with Crippen molar-refractivity contribution in [2.45, 2.75) is 51.6 Å². The molecule has 9 nitrogen and oxygen atoms in total. The number of halogens is 2. The third-order valence-corrected chi connectivity index (χ3v) is 6.50. The Kier molecular flexibility index (Phi) is 5.51. The summed E-state index contributed by atoms with van der Waals surface area (Å²) in [6.45, 7) is 1.48. The number of methoxy groups -OCH3 is 1. The molecule has 34 heavy (non-hydrogen) atoms. The van der Waals surface area contributed by atoms with E-state index in [1.807, 2.05) is 25.3 Å². The SMILES string of the molecule is COc1nc(N[C@H]2CC[C@@](C)(C#N)CC2)nn2ccc(-c3ccc4nnn(CC(F)F)c4c3)c12.